The Labute approximate surface area is 214 Å². The van der Waals surface area contributed by atoms with Gasteiger partial charge >= 0.3 is 0 Å². The van der Waals surface area contributed by atoms with E-state index < -0.39 is 5.60 Å². The Morgan fingerprint density at radius 2 is 1.56 bits per heavy atom. The van der Waals surface area contributed by atoms with Gasteiger partial charge in [-0.15, -0.1) is 0 Å². The van der Waals surface area contributed by atoms with E-state index in [2.05, 4.69) is 16.3 Å². The summed E-state index contributed by atoms with van der Waals surface area (Å²) < 4.78 is 0. The standard InChI is InChI=1S/C31H35N3O2/c1-3-23(4-2)30(35)33-28-15-16-29(24(21-28)22-32)34-19-17-27(18-20-34)31(36,25-11-7-5-8-12-25)26-13-9-6-10-14-26/h5-16,21,23,27,36H,3-4,17-20H2,1-2H3,(H,33,35). The van der Waals surface area contributed by atoms with Crippen molar-refractivity contribution in [1.82, 2.24) is 0 Å². The monoisotopic (exact) mass is 481 g/mol. The number of rotatable bonds is 8. The number of amides is 1. The van der Waals surface area contributed by atoms with E-state index in [1.165, 1.54) is 0 Å². The van der Waals surface area contributed by atoms with Crippen molar-refractivity contribution in [1.29, 1.82) is 5.26 Å². The first-order valence-corrected chi connectivity index (χ1v) is 12.9. The summed E-state index contributed by atoms with van der Waals surface area (Å²) in [7, 11) is 0. The zero-order chi connectivity index (χ0) is 25.5. The summed E-state index contributed by atoms with van der Waals surface area (Å²) >= 11 is 0. The summed E-state index contributed by atoms with van der Waals surface area (Å²) in [5.74, 6) is 0.0171. The highest BCUT2D eigenvalue weighted by Gasteiger charge is 2.41. The van der Waals surface area contributed by atoms with Crippen molar-refractivity contribution in [3.63, 3.8) is 0 Å². The van der Waals surface area contributed by atoms with Crippen LogP contribution in [-0.2, 0) is 10.4 Å². The number of carbonyl (C=O) groups is 1. The van der Waals surface area contributed by atoms with Crippen molar-refractivity contribution in [2.75, 3.05) is 23.3 Å². The highest BCUT2D eigenvalue weighted by molar-refractivity contribution is 5.93. The van der Waals surface area contributed by atoms with Gasteiger partial charge in [-0.05, 0) is 60.9 Å². The molecule has 5 nitrogen and oxygen atoms in total. The second-order valence-corrected chi connectivity index (χ2v) is 9.61. The van der Waals surface area contributed by atoms with Crippen LogP contribution in [0.2, 0.25) is 0 Å². The zero-order valence-electron chi connectivity index (χ0n) is 21.2. The normalized spacial score (nSPS) is 14.5. The number of aliphatic hydroxyl groups is 1. The van der Waals surface area contributed by atoms with Crippen molar-refractivity contribution >= 4 is 17.3 Å². The van der Waals surface area contributed by atoms with Crippen LogP contribution in [0, 0.1) is 23.2 Å². The van der Waals surface area contributed by atoms with Crippen molar-refractivity contribution in [3.05, 3.63) is 95.6 Å². The Morgan fingerprint density at radius 1 is 1.00 bits per heavy atom. The molecule has 3 aromatic carbocycles. The van der Waals surface area contributed by atoms with E-state index >= 15 is 0 Å². The number of nitrogens with zero attached hydrogens (tertiary/aromatic N) is 2. The van der Waals surface area contributed by atoms with Gasteiger partial charge in [-0.25, -0.2) is 0 Å². The number of carbonyl (C=O) groups excluding carboxylic acids is 1. The molecule has 4 rings (SSSR count). The van der Waals surface area contributed by atoms with Crippen molar-refractivity contribution in [2.24, 2.45) is 11.8 Å². The Hall–Kier alpha value is -3.62. The van der Waals surface area contributed by atoms with Gasteiger partial charge < -0.3 is 15.3 Å². The topological polar surface area (TPSA) is 76.4 Å². The SMILES string of the molecule is CCC(CC)C(=O)Nc1ccc(N2CCC(C(O)(c3ccccc3)c3ccccc3)CC2)c(C#N)c1. The second-order valence-electron chi connectivity index (χ2n) is 9.61. The Bertz CT molecular complexity index is 1150. The first-order valence-electron chi connectivity index (χ1n) is 12.9. The van der Waals surface area contributed by atoms with Crippen molar-refractivity contribution < 1.29 is 9.90 Å². The lowest BCUT2D eigenvalue weighted by Gasteiger charge is -2.43. The van der Waals surface area contributed by atoms with Crippen LogP contribution in [0.25, 0.3) is 0 Å². The molecule has 0 spiro atoms. The molecule has 0 radical (unpaired) electrons. The molecule has 1 saturated heterocycles. The maximum Gasteiger partial charge on any atom is 0.227 e. The molecule has 1 heterocycles. The highest BCUT2D eigenvalue weighted by atomic mass is 16.3. The van der Waals surface area contributed by atoms with E-state index in [0.29, 0.717) is 11.3 Å². The van der Waals surface area contributed by atoms with Crippen LogP contribution in [0.5, 0.6) is 0 Å². The molecule has 0 aliphatic carbocycles. The molecule has 1 aliphatic rings. The minimum Gasteiger partial charge on any atom is -0.380 e. The number of nitriles is 1. The molecule has 0 bridgehead atoms. The van der Waals surface area contributed by atoms with Crippen molar-refractivity contribution in [2.45, 2.75) is 45.1 Å². The summed E-state index contributed by atoms with van der Waals surface area (Å²) in [6.07, 6.45) is 3.16. The van der Waals surface area contributed by atoms with Crippen LogP contribution in [-0.4, -0.2) is 24.1 Å². The van der Waals surface area contributed by atoms with Crippen LogP contribution in [0.4, 0.5) is 11.4 Å². The van der Waals surface area contributed by atoms with Gasteiger partial charge in [0.25, 0.3) is 0 Å². The summed E-state index contributed by atoms with van der Waals surface area (Å²) in [5, 5.41) is 25.0. The van der Waals surface area contributed by atoms with Gasteiger partial charge in [-0.2, -0.15) is 5.26 Å². The van der Waals surface area contributed by atoms with E-state index in [1.54, 1.807) is 6.07 Å². The summed E-state index contributed by atoms with van der Waals surface area (Å²) in [6, 6.07) is 27.7. The number of piperidine rings is 1. The lowest BCUT2D eigenvalue weighted by molar-refractivity contribution is -0.120. The van der Waals surface area contributed by atoms with Gasteiger partial charge in [0.05, 0.1) is 11.3 Å². The summed E-state index contributed by atoms with van der Waals surface area (Å²) in [6.45, 7) is 5.50. The third-order valence-corrected chi connectivity index (χ3v) is 7.60. The molecule has 2 N–H and O–H groups in total. The van der Waals surface area contributed by atoms with E-state index in [-0.39, 0.29) is 17.7 Å². The maximum absolute atomic E-state index is 12.5. The average Bonchev–Trinajstić information content (AvgIpc) is 2.94. The Kier molecular flexibility index (Phi) is 8.07. The molecule has 3 aromatic rings. The molecule has 1 amide bonds. The van der Waals surface area contributed by atoms with Crippen LogP contribution < -0.4 is 10.2 Å². The largest absolute Gasteiger partial charge is 0.380 e. The van der Waals surface area contributed by atoms with Crippen LogP contribution in [0.15, 0.2) is 78.9 Å². The van der Waals surface area contributed by atoms with Gasteiger partial charge in [0.15, 0.2) is 0 Å². The van der Waals surface area contributed by atoms with Gasteiger partial charge in [0.2, 0.25) is 5.91 Å². The molecular weight excluding hydrogens is 446 g/mol. The minimum atomic E-state index is -1.07. The molecule has 36 heavy (non-hydrogen) atoms. The molecule has 186 valence electrons. The fraction of sp³-hybridized carbons (Fsp3) is 0.355. The van der Waals surface area contributed by atoms with E-state index in [1.807, 2.05) is 86.6 Å². The first kappa shape index (κ1) is 25.5. The molecule has 1 fully saturated rings. The third-order valence-electron chi connectivity index (χ3n) is 7.60. The predicted octanol–water partition coefficient (Wildman–Crippen LogP) is 6.09. The molecule has 5 heteroatoms. The quantitative estimate of drug-likeness (QED) is 0.408. The van der Waals surface area contributed by atoms with Crippen LogP contribution >= 0.6 is 0 Å². The summed E-state index contributed by atoms with van der Waals surface area (Å²) in [4.78, 5) is 14.7. The predicted molar refractivity (Wildman–Crippen MR) is 145 cm³/mol. The zero-order valence-corrected chi connectivity index (χ0v) is 21.2. The Morgan fingerprint density at radius 3 is 2.06 bits per heavy atom. The molecule has 0 saturated carbocycles. The van der Waals surface area contributed by atoms with Crippen LogP contribution in [0.3, 0.4) is 0 Å². The third kappa shape index (κ3) is 5.15. The lowest BCUT2D eigenvalue weighted by atomic mass is 9.72. The van der Waals surface area contributed by atoms with Gasteiger partial charge in [0.1, 0.15) is 11.7 Å². The van der Waals surface area contributed by atoms with Gasteiger partial charge in [0, 0.05) is 24.7 Å². The molecule has 0 aromatic heterocycles. The van der Waals surface area contributed by atoms with Crippen LogP contribution in [0.1, 0.15) is 56.2 Å². The maximum atomic E-state index is 12.5. The Balaban J connectivity index is 1.53. The minimum absolute atomic E-state index is 0.00133. The number of nitrogens with one attached hydrogen (secondary N) is 1. The number of hydrogen-bond acceptors (Lipinski definition) is 4. The van der Waals surface area contributed by atoms with E-state index in [9.17, 15) is 15.2 Å². The number of hydrogen-bond donors (Lipinski definition) is 2. The van der Waals surface area contributed by atoms with Crippen molar-refractivity contribution in [3.8, 4) is 6.07 Å². The fourth-order valence-electron chi connectivity index (χ4n) is 5.44. The number of benzene rings is 3. The lowest BCUT2D eigenvalue weighted by Crippen LogP contribution is -2.44. The molecule has 0 unspecified atom stereocenters. The molecular formula is C31H35N3O2. The summed E-state index contributed by atoms with van der Waals surface area (Å²) in [5.41, 5.74) is 2.83. The number of anilines is 2. The van der Waals surface area contributed by atoms with Gasteiger partial charge in [-0.1, -0.05) is 74.5 Å². The second kappa shape index (κ2) is 11.4. The van der Waals surface area contributed by atoms with E-state index in [4.69, 9.17) is 0 Å². The molecule has 1 aliphatic heterocycles. The van der Waals surface area contributed by atoms with Gasteiger partial charge in [-0.3, -0.25) is 4.79 Å². The highest BCUT2D eigenvalue weighted by Crippen LogP contribution is 2.42. The smallest absolute Gasteiger partial charge is 0.227 e. The average molecular weight is 482 g/mol. The first-order chi connectivity index (χ1) is 17.5. The molecule has 0 atom stereocenters. The fourth-order valence-corrected chi connectivity index (χ4v) is 5.44. The van der Waals surface area contributed by atoms with E-state index in [0.717, 1.165) is 55.6 Å².